The smallest absolute Gasteiger partial charge is 0.119 e. The Kier molecular flexibility index (Phi) is 5.98. The van der Waals surface area contributed by atoms with Gasteiger partial charge in [0.2, 0.25) is 0 Å². The molecule has 0 heterocycles. The summed E-state index contributed by atoms with van der Waals surface area (Å²) in [6, 6.07) is 7.89. The molecule has 0 saturated heterocycles. The van der Waals surface area contributed by atoms with E-state index in [9.17, 15) is 0 Å². The highest BCUT2D eigenvalue weighted by Crippen LogP contribution is 2.14. The molecule has 1 atom stereocenters. The zero-order chi connectivity index (χ0) is 11.8. The molecule has 0 aliphatic heterocycles. The summed E-state index contributed by atoms with van der Waals surface area (Å²) in [7, 11) is 0. The van der Waals surface area contributed by atoms with Crippen LogP contribution in [0.25, 0.3) is 0 Å². The Hall–Kier alpha value is -0.990. The molecule has 0 amide bonds. The third-order valence-electron chi connectivity index (χ3n) is 2.21. The molecule has 0 saturated carbocycles. The Balaban J connectivity index is 2.41. The molecule has 1 aromatic carbocycles. The van der Waals surface area contributed by atoms with Gasteiger partial charge in [0.05, 0.1) is 6.10 Å². The van der Waals surface area contributed by atoms with E-state index in [1.807, 2.05) is 24.3 Å². The van der Waals surface area contributed by atoms with E-state index in [1.165, 1.54) is 11.1 Å². The first-order valence-corrected chi connectivity index (χ1v) is 5.81. The SMILES string of the molecule is CC(O)CCc1ccc(OC/C=C/Cl)cc1. The highest BCUT2D eigenvalue weighted by Gasteiger charge is 1.98. The molecule has 0 aliphatic carbocycles. The first-order valence-electron chi connectivity index (χ1n) is 5.37. The predicted octanol–water partition coefficient (Wildman–Crippen LogP) is 3.13. The Labute approximate surface area is 102 Å². The number of aliphatic hydroxyl groups excluding tert-OH is 1. The average Bonchev–Trinajstić information content (AvgIpc) is 2.28. The monoisotopic (exact) mass is 240 g/mol. The summed E-state index contributed by atoms with van der Waals surface area (Å²) in [6.45, 7) is 2.28. The third-order valence-corrected chi connectivity index (χ3v) is 2.39. The first kappa shape index (κ1) is 13.1. The summed E-state index contributed by atoms with van der Waals surface area (Å²) in [5.41, 5.74) is 2.65. The van der Waals surface area contributed by atoms with E-state index in [-0.39, 0.29) is 6.10 Å². The zero-order valence-electron chi connectivity index (χ0n) is 9.40. The normalized spacial score (nSPS) is 12.9. The maximum atomic E-state index is 9.17. The second-order valence-electron chi connectivity index (χ2n) is 3.70. The summed E-state index contributed by atoms with van der Waals surface area (Å²) < 4.78 is 5.41. The second kappa shape index (κ2) is 7.31. The highest BCUT2D eigenvalue weighted by atomic mass is 35.5. The van der Waals surface area contributed by atoms with Gasteiger partial charge in [0.25, 0.3) is 0 Å². The molecule has 0 aromatic heterocycles. The highest BCUT2D eigenvalue weighted by molar-refractivity contribution is 6.25. The van der Waals surface area contributed by atoms with Gasteiger partial charge in [0.1, 0.15) is 12.4 Å². The van der Waals surface area contributed by atoms with Crippen LogP contribution in [0.2, 0.25) is 0 Å². The summed E-state index contributed by atoms with van der Waals surface area (Å²) in [5, 5.41) is 9.17. The van der Waals surface area contributed by atoms with Crippen molar-refractivity contribution < 1.29 is 9.84 Å². The Morgan fingerprint density at radius 1 is 1.38 bits per heavy atom. The van der Waals surface area contributed by atoms with E-state index >= 15 is 0 Å². The molecule has 0 spiro atoms. The Morgan fingerprint density at radius 3 is 2.62 bits per heavy atom. The minimum atomic E-state index is -0.246. The van der Waals surface area contributed by atoms with E-state index in [0.717, 1.165) is 18.6 Å². The number of halogens is 1. The lowest BCUT2D eigenvalue weighted by Gasteiger charge is -2.06. The molecule has 2 nitrogen and oxygen atoms in total. The fraction of sp³-hybridized carbons (Fsp3) is 0.385. The van der Waals surface area contributed by atoms with E-state index in [4.69, 9.17) is 21.4 Å². The number of aliphatic hydroxyl groups is 1. The molecule has 88 valence electrons. The van der Waals surface area contributed by atoms with Crippen LogP contribution in [0.1, 0.15) is 18.9 Å². The van der Waals surface area contributed by atoms with Crippen LogP contribution in [0.15, 0.2) is 35.9 Å². The van der Waals surface area contributed by atoms with Crippen LogP contribution in [-0.2, 0) is 6.42 Å². The van der Waals surface area contributed by atoms with Gasteiger partial charge in [-0.3, -0.25) is 0 Å². The van der Waals surface area contributed by atoms with Crippen LogP contribution in [0.4, 0.5) is 0 Å². The van der Waals surface area contributed by atoms with Crippen LogP contribution in [0, 0.1) is 0 Å². The van der Waals surface area contributed by atoms with Crippen molar-refractivity contribution >= 4 is 11.6 Å². The minimum Gasteiger partial charge on any atom is -0.490 e. The average molecular weight is 241 g/mol. The number of ether oxygens (including phenoxy) is 1. The van der Waals surface area contributed by atoms with Crippen LogP contribution >= 0.6 is 11.6 Å². The summed E-state index contributed by atoms with van der Waals surface area (Å²) >= 11 is 5.38. The van der Waals surface area contributed by atoms with Gasteiger partial charge in [-0.2, -0.15) is 0 Å². The molecule has 0 aliphatic rings. The van der Waals surface area contributed by atoms with Crippen LogP contribution in [0.3, 0.4) is 0 Å². The predicted molar refractivity (Wildman–Crippen MR) is 66.9 cm³/mol. The van der Waals surface area contributed by atoms with E-state index in [2.05, 4.69) is 0 Å². The fourth-order valence-corrected chi connectivity index (χ4v) is 1.38. The zero-order valence-corrected chi connectivity index (χ0v) is 10.2. The lowest BCUT2D eigenvalue weighted by Crippen LogP contribution is -2.01. The number of benzene rings is 1. The van der Waals surface area contributed by atoms with Gasteiger partial charge >= 0.3 is 0 Å². The molecule has 0 radical (unpaired) electrons. The topological polar surface area (TPSA) is 29.5 Å². The van der Waals surface area contributed by atoms with Crippen molar-refractivity contribution in [2.24, 2.45) is 0 Å². The van der Waals surface area contributed by atoms with Crippen LogP contribution in [0.5, 0.6) is 5.75 Å². The van der Waals surface area contributed by atoms with Crippen molar-refractivity contribution in [3.05, 3.63) is 41.4 Å². The molecule has 16 heavy (non-hydrogen) atoms. The van der Waals surface area contributed by atoms with Crippen molar-refractivity contribution in [2.45, 2.75) is 25.9 Å². The molecule has 1 N–H and O–H groups in total. The van der Waals surface area contributed by atoms with Gasteiger partial charge < -0.3 is 9.84 Å². The Bertz CT molecular complexity index is 317. The maximum absolute atomic E-state index is 9.17. The van der Waals surface area contributed by atoms with Crippen molar-refractivity contribution in [2.75, 3.05) is 6.61 Å². The van der Waals surface area contributed by atoms with Gasteiger partial charge in [0, 0.05) is 5.54 Å². The molecular weight excluding hydrogens is 224 g/mol. The van der Waals surface area contributed by atoms with Gasteiger partial charge in [-0.15, -0.1) is 0 Å². The van der Waals surface area contributed by atoms with E-state index in [0.29, 0.717) is 6.61 Å². The van der Waals surface area contributed by atoms with E-state index < -0.39 is 0 Å². The van der Waals surface area contributed by atoms with Crippen LogP contribution < -0.4 is 4.74 Å². The quantitative estimate of drug-likeness (QED) is 0.828. The van der Waals surface area contributed by atoms with E-state index in [1.54, 1.807) is 13.0 Å². The molecule has 1 aromatic rings. The number of aryl methyl sites for hydroxylation is 1. The lowest BCUT2D eigenvalue weighted by atomic mass is 10.1. The number of hydrogen-bond acceptors (Lipinski definition) is 2. The van der Waals surface area contributed by atoms with Gasteiger partial charge in [0.15, 0.2) is 0 Å². The number of rotatable bonds is 6. The summed E-state index contributed by atoms with van der Waals surface area (Å²) in [4.78, 5) is 0. The summed E-state index contributed by atoms with van der Waals surface area (Å²) in [5.74, 6) is 0.829. The van der Waals surface area contributed by atoms with Crippen molar-refractivity contribution in [1.82, 2.24) is 0 Å². The molecule has 0 bridgehead atoms. The third kappa shape index (κ3) is 5.19. The van der Waals surface area contributed by atoms with Crippen molar-refractivity contribution in [3.8, 4) is 5.75 Å². The second-order valence-corrected chi connectivity index (χ2v) is 3.96. The fourth-order valence-electron chi connectivity index (χ4n) is 1.31. The largest absolute Gasteiger partial charge is 0.490 e. The molecule has 1 unspecified atom stereocenters. The Morgan fingerprint density at radius 2 is 2.06 bits per heavy atom. The molecule has 3 heteroatoms. The van der Waals surface area contributed by atoms with Crippen molar-refractivity contribution in [3.63, 3.8) is 0 Å². The molecular formula is C13H17ClO2. The standard InChI is InChI=1S/C13H17ClO2/c1-11(15)3-4-12-5-7-13(8-6-12)16-10-2-9-14/h2,5-9,11,15H,3-4,10H2,1H3/b9-2+. The maximum Gasteiger partial charge on any atom is 0.119 e. The molecule has 1 rings (SSSR count). The molecule has 0 fully saturated rings. The number of hydrogen-bond donors (Lipinski definition) is 1. The van der Waals surface area contributed by atoms with Crippen LogP contribution in [-0.4, -0.2) is 17.8 Å². The first-order chi connectivity index (χ1) is 7.72. The van der Waals surface area contributed by atoms with Gasteiger partial charge in [-0.05, 0) is 43.5 Å². The van der Waals surface area contributed by atoms with Gasteiger partial charge in [-0.1, -0.05) is 23.7 Å². The lowest BCUT2D eigenvalue weighted by molar-refractivity contribution is 0.185. The minimum absolute atomic E-state index is 0.246. The van der Waals surface area contributed by atoms with Crippen molar-refractivity contribution in [1.29, 1.82) is 0 Å². The van der Waals surface area contributed by atoms with Gasteiger partial charge in [-0.25, -0.2) is 0 Å². The summed E-state index contributed by atoms with van der Waals surface area (Å²) in [6.07, 6.45) is 3.17.